The van der Waals surface area contributed by atoms with Crippen molar-refractivity contribution in [2.45, 2.75) is 6.92 Å². The van der Waals surface area contributed by atoms with Crippen LogP contribution in [-0.4, -0.2) is 28.6 Å². The Bertz CT molecular complexity index is 296. The molecule has 3 N–H and O–H groups in total. The molecule has 0 aliphatic carbocycles. The maximum Gasteiger partial charge on any atom is 0.322 e. The van der Waals surface area contributed by atoms with Gasteiger partial charge in [0.25, 0.3) is 0 Å². The van der Waals surface area contributed by atoms with Crippen molar-refractivity contribution in [3.8, 4) is 5.75 Å². The molecule has 0 fully saturated rings. The number of phenolic OH excluding ortho intramolecular Hbond substituents is 1. The summed E-state index contributed by atoms with van der Waals surface area (Å²) in [5.41, 5.74) is 0. The minimum Gasteiger partial charge on any atom is -0.508 e. The Kier molecular flexibility index (Phi) is 6.37. The lowest BCUT2D eigenvalue weighted by atomic mass is 10.3. The second-order valence-electron chi connectivity index (χ2n) is 2.64. The molecule has 1 amide bonds. The Balaban J connectivity index is 0.000000262. The van der Waals surface area contributed by atoms with Gasteiger partial charge in [-0.05, 0) is 12.1 Å². The molecule has 0 aliphatic rings. The fourth-order valence-corrected chi connectivity index (χ4v) is 0.628. The minimum absolute atomic E-state index is 0.296. The van der Waals surface area contributed by atoms with E-state index in [0.29, 0.717) is 5.75 Å². The maximum absolute atomic E-state index is 9.97. The summed E-state index contributed by atoms with van der Waals surface area (Å²) >= 11 is 0. The van der Waals surface area contributed by atoms with Crippen LogP contribution in [0.3, 0.4) is 0 Å². The Morgan fingerprint density at radius 1 is 1.27 bits per heavy atom. The molecule has 1 aromatic carbocycles. The zero-order valence-electron chi connectivity index (χ0n) is 8.30. The summed E-state index contributed by atoms with van der Waals surface area (Å²) in [6.07, 6.45) is 0. The van der Waals surface area contributed by atoms with Gasteiger partial charge in [0.15, 0.2) is 0 Å². The average Bonchev–Trinajstić information content (AvgIpc) is 2.17. The normalized spacial score (nSPS) is 8.33. The zero-order valence-corrected chi connectivity index (χ0v) is 8.30. The van der Waals surface area contributed by atoms with Crippen molar-refractivity contribution in [1.82, 2.24) is 5.32 Å². The lowest BCUT2D eigenvalue weighted by Gasteiger charge is -1.92. The molecule has 1 aromatic rings. The first-order valence-electron chi connectivity index (χ1n) is 4.22. The number of aromatic hydroxyl groups is 1. The second kappa shape index (κ2) is 7.37. The molecule has 82 valence electrons. The monoisotopic (exact) mass is 211 g/mol. The molecule has 5 heteroatoms. The highest BCUT2D eigenvalue weighted by Crippen LogP contribution is 2.02. The van der Waals surface area contributed by atoms with Crippen LogP contribution < -0.4 is 5.32 Å². The second-order valence-corrected chi connectivity index (χ2v) is 2.64. The molecule has 1 rings (SSSR count). The van der Waals surface area contributed by atoms with Crippen LogP contribution in [0.4, 0.5) is 0 Å². The van der Waals surface area contributed by atoms with E-state index in [1.165, 1.54) is 6.92 Å². The van der Waals surface area contributed by atoms with Crippen molar-refractivity contribution in [1.29, 1.82) is 0 Å². The van der Waals surface area contributed by atoms with Crippen LogP contribution in [0.2, 0.25) is 0 Å². The molecule has 0 heterocycles. The maximum atomic E-state index is 9.97. The van der Waals surface area contributed by atoms with Crippen molar-refractivity contribution in [3.05, 3.63) is 30.3 Å². The predicted octanol–water partition coefficient (Wildman–Crippen LogP) is 0.599. The van der Waals surface area contributed by atoms with Crippen LogP contribution in [0.5, 0.6) is 5.75 Å². The van der Waals surface area contributed by atoms with Gasteiger partial charge in [-0.25, -0.2) is 0 Å². The lowest BCUT2D eigenvalue weighted by Crippen LogP contribution is -2.26. The van der Waals surface area contributed by atoms with E-state index in [4.69, 9.17) is 10.2 Å². The van der Waals surface area contributed by atoms with Crippen LogP contribution in [0.15, 0.2) is 30.3 Å². The van der Waals surface area contributed by atoms with E-state index in [1.807, 2.05) is 6.07 Å². The molecule has 0 unspecified atom stereocenters. The third-order valence-corrected chi connectivity index (χ3v) is 1.24. The number of aliphatic carboxylic acids is 1. The van der Waals surface area contributed by atoms with Gasteiger partial charge in [0, 0.05) is 6.92 Å². The highest BCUT2D eigenvalue weighted by atomic mass is 16.4. The Morgan fingerprint density at radius 2 is 1.80 bits per heavy atom. The summed E-state index contributed by atoms with van der Waals surface area (Å²) in [7, 11) is 0. The molecular weight excluding hydrogens is 198 g/mol. The third kappa shape index (κ3) is 9.88. The standard InChI is InChI=1S/C6H6O.C4H7NO3/c7-6-4-2-1-3-5-6;1-3(6)5-2-4(7)8/h1-5,7H;2H2,1H3,(H,5,6)(H,7,8). The number of rotatable bonds is 2. The van der Waals surface area contributed by atoms with E-state index in [0.717, 1.165) is 0 Å². The van der Waals surface area contributed by atoms with Crippen LogP contribution in [-0.2, 0) is 9.59 Å². The molecule has 0 radical (unpaired) electrons. The highest BCUT2D eigenvalue weighted by molar-refractivity contribution is 5.79. The van der Waals surface area contributed by atoms with Gasteiger partial charge < -0.3 is 15.5 Å². The number of nitrogens with one attached hydrogen (secondary N) is 1. The number of amides is 1. The predicted molar refractivity (Wildman–Crippen MR) is 54.4 cm³/mol. The smallest absolute Gasteiger partial charge is 0.322 e. The molecular formula is C10H13NO4. The van der Waals surface area contributed by atoms with E-state index < -0.39 is 5.97 Å². The van der Waals surface area contributed by atoms with Gasteiger partial charge in [0.1, 0.15) is 12.3 Å². The fraction of sp³-hybridized carbons (Fsp3) is 0.200. The van der Waals surface area contributed by atoms with Gasteiger partial charge in [-0.3, -0.25) is 9.59 Å². The molecule has 0 spiro atoms. The molecule has 0 saturated carbocycles. The van der Waals surface area contributed by atoms with Gasteiger partial charge >= 0.3 is 5.97 Å². The van der Waals surface area contributed by atoms with E-state index in [1.54, 1.807) is 24.3 Å². The summed E-state index contributed by atoms with van der Waals surface area (Å²) in [5.74, 6) is -1.03. The van der Waals surface area contributed by atoms with Crippen LogP contribution >= 0.6 is 0 Å². The SMILES string of the molecule is CC(=O)NCC(=O)O.Oc1ccccc1. The number of carbonyl (C=O) groups is 2. The molecule has 0 bridgehead atoms. The quantitative estimate of drug-likeness (QED) is 0.668. The number of phenols is 1. The number of carboxylic acid groups (broad SMARTS) is 1. The molecule has 0 atom stereocenters. The van der Waals surface area contributed by atoms with E-state index in [2.05, 4.69) is 5.32 Å². The Labute approximate surface area is 87.4 Å². The van der Waals surface area contributed by atoms with Crippen molar-refractivity contribution in [3.63, 3.8) is 0 Å². The number of carboxylic acids is 1. The minimum atomic E-state index is -1.03. The molecule has 0 aliphatic heterocycles. The summed E-state index contributed by atoms with van der Waals surface area (Å²) in [5, 5.41) is 18.7. The van der Waals surface area contributed by atoms with E-state index in [9.17, 15) is 9.59 Å². The number of para-hydroxylation sites is 1. The van der Waals surface area contributed by atoms with E-state index in [-0.39, 0.29) is 12.5 Å². The van der Waals surface area contributed by atoms with E-state index >= 15 is 0 Å². The number of benzene rings is 1. The Morgan fingerprint density at radius 3 is 2.00 bits per heavy atom. The molecule has 5 nitrogen and oxygen atoms in total. The number of hydrogen-bond donors (Lipinski definition) is 3. The summed E-state index contributed by atoms with van der Waals surface area (Å²) in [6.45, 7) is 0.971. The van der Waals surface area contributed by atoms with Crippen molar-refractivity contribution in [2.75, 3.05) is 6.54 Å². The van der Waals surface area contributed by atoms with Crippen LogP contribution in [0.25, 0.3) is 0 Å². The van der Waals surface area contributed by atoms with Crippen LogP contribution in [0.1, 0.15) is 6.92 Å². The first kappa shape index (κ1) is 13.0. The van der Waals surface area contributed by atoms with Gasteiger partial charge in [-0.2, -0.15) is 0 Å². The first-order valence-corrected chi connectivity index (χ1v) is 4.22. The van der Waals surface area contributed by atoms with Crippen molar-refractivity contribution in [2.24, 2.45) is 0 Å². The molecule has 15 heavy (non-hydrogen) atoms. The number of hydrogen-bond acceptors (Lipinski definition) is 3. The summed E-state index contributed by atoms with van der Waals surface area (Å²) < 4.78 is 0. The lowest BCUT2D eigenvalue weighted by molar-refractivity contribution is -0.137. The topological polar surface area (TPSA) is 86.6 Å². The molecule has 0 saturated heterocycles. The van der Waals surface area contributed by atoms with Crippen molar-refractivity contribution < 1.29 is 19.8 Å². The number of carbonyl (C=O) groups excluding carboxylic acids is 1. The van der Waals surface area contributed by atoms with Crippen LogP contribution in [0, 0.1) is 0 Å². The van der Waals surface area contributed by atoms with Gasteiger partial charge in [0.05, 0.1) is 0 Å². The summed E-state index contributed by atoms with van der Waals surface area (Å²) in [4.78, 5) is 19.7. The van der Waals surface area contributed by atoms with Crippen molar-refractivity contribution >= 4 is 11.9 Å². The van der Waals surface area contributed by atoms with Gasteiger partial charge in [-0.15, -0.1) is 0 Å². The van der Waals surface area contributed by atoms with Gasteiger partial charge in [0.2, 0.25) is 5.91 Å². The molecule has 0 aromatic heterocycles. The largest absolute Gasteiger partial charge is 0.508 e. The fourth-order valence-electron chi connectivity index (χ4n) is 0.628. The first-order chi connectivity index (χ1) is 7.02. The summed E-state index contributed by atoms with van der Waals surface area (Å²) in [6, 6.07) is 8.71. The third-order valence-electron chi connectivity index (χ3n) is 1.24. The Hall–Kier alpha value is -2.04. The average molecular weight is 211 g/mol. The highest BCUT2D eigenvalue weighted by Gasteiger charge is 1.94. The zero-order chi connectivity index (χ0) is 11.7. The van der Waals surface area contributed by atoms with Gasteiger partial charge in [-0.1, -0.05) is 18.2 Å².